The Balaban J connectivity index is 1.67. The van der Waals surface area contributed by atoms with E-state index in [0.717, 1.165) is 6.42 Å². The summed E-state index contributed by atoms with van der Waals surface area (Å²) in [7, 11) is 0. The molecule has 0 saturated carbocycles. The standard InChI is InChI=1S/C17H19FN4O4/c1-2-25-14(23)10-19-17(24)22-9-3-4-13(22)16-20-15(21-26-16)11-5-7-12(18)8-6-11/h5-8,13H,2-4,9-10H2,1H3,(H,19,24). The Labute approximate surface area is 149 Å². The number of ether oxygens (including phenoxy) is 1. The molecule has 0 radical (unpaired) electrons. The van der Waals surface area contributed by atoms with E-state index in [1.54, 1.807) is 24.0 Å². The number of hydrogen-bond donors (Lipinski definition) is 1. The highest BCUT2D eigenvalue weighted by atomic mass is 19.1. The molecule has 0 aliphatic carbocycles. The lowest BCUT2D eigenvalue weighted by atomic mass is 10.2. The molecule has 1 aliphatic rings. The Kier molecular flexibility index (Phi) is 5.45. The lowest BCUT2D eigenvalue weighted by Gasteiger charge is -2.21. The number of likely N-dealkylation sites (tertiary alicyclic amines) is 1. The van der Waals surface area contributed by atoms with Gasteiger partial charge in [0.25, 0.3) is 0 Å². The average molecular weight is 362 g/mol. The van der Waals surface area contributed by atoms with Crippen LogP contribution in [0.5, 0.6) is 0 Å². The molecule has 9 heteroatoms. The highest BCUT2D eigenvalue weighted by Gasteiger charge is 2.34. The maximum absolute atomic E-state index is 13.0. The van der Waals surface area contributed by atoms with Crippen molar-refractivity contribution in [3.63, 3.8) is 0 Å². The first-order valence-electron chi connectivity index (χ1n) is 8.38. The van der Waals surface area contributed by atoms with Gasteiger partial charge in [0.1, 0.15) is 18.4 Å². The van der Waals surface area contributed by atoms with Crippen molar-refractivity contribution in [2.24, 2.45) is 0 Å². The lowest BCUT2D eigenvalue weighted by Crippen LogP contribution is -2.42. The van der Waals surface area contributed by atoms with Crippen LogP contribution in [-0.2, 0) is 9.53 Å². The van der Waals surface area contributed by atoms with E-state index in [2.05, 4.69) is 15.5 Å². The number of nitrogens with one attached hydrogen (secondary N) is 1. The van der Waals surface area contributed by atoms with Gasteiger partial charge in [0.05, 0.1) is 6.61 Å². The second-order valence-electron chi connectivity index (χ2n) is 5.78. The number of amides is 2. The predicted molar refractivity (Wildman–Crippen MR) is 88.4 cm³/mol. The van der Waals surface area contributed by atoms with Gasteiger partial charge < -0.3 is 19.5 Å². The number of hydrogen-bond acceptors (Lipinski definition) is 6. The molecule has 26 heavy (non-hydrogen) atoms. The smallest absolute Gasteiger partial charge is 0.325 e. The molecule has 8 nitrogen and oxygen atoms in total. The summed E-state index contributed by atoms with van der Waals surface area (Å²) in [5, 5.41) is 6.45. The second-order valence-corrected chi connectivity index (χ2v) is 5.78. The van der Waals surface area contributed by atoms with Crippen LogP contribution in [0.4, 0.5) is 9.18 Å². The van der Waals surface area contributed by atoms with Crippen LogP contribution in [0.25, 0.3) is 11.4 Å². The molecule has 2 heterocycles. The number of esters is 1. The Morgan fingerprint density at radius 3 is 2.88 bits per heavy atom. The normalized spacial score (nSPS) is 16.5. The fourth-order valence-corrected chi connectivity index (χ4v) is 2.81. The zero-order valence-electron chi connectivity index (χ0n) is 14.3. The zero-order valence-corrected chi connectivity index (χ0v) is 14.3. The number of halogens is 1. The molecule has 0 bridgehead atoms. The molecule has 138 valence electrons. The maximum Gasteiger partial charge on any atom is 0.325 e. The molecule has 1 unspecified atom stereocenters. The van der Waals surface area contributed by atoms with Gasteiger partial charge >= 0.3 is 12.0 Å². The minimum Gasteiger partial charge on any atom is -0.465 e. The van der Waals surface area contributed by atoms with Gasteiger partial charge in [0.15, 0.2) is 0 Å². The van der Waals surface area contributed by atoms with Crippen molar-refractivity contribution in [2.45, 2.75) is 25.8 Å². The van der Waals surface area contributed by atoms with Crippen molar-refractivity contribution in [1.29, 1.82) is 0 Å². The third kappa shape index (κ3) is 3.98. The monoisotopic (exact) mass is 362 g/mol. The van der Waals surface area contributed by atoms with Crippen LogP contribution in [0.1, 0.15) is 31.7 Å². The number of carbonyl (C=O) groups excluding carboxylic acids is 2. The molecule has 1 fully saturated rings. The van der Waals surface area contributed by atoms with E-state index in [1.807, 2.05) is 0 Å². The number of rotatable bonds is 5. The lowest BCUT2D eigenvalue weighted by molar-refractivity contribution is -0.141. The van der Waals surface area contributed by atoms with Crippen LogP contribution in [-0.4, -0.2) is 46.7 Å². The summed E-state index contributed by atoms with van der Waals surface area (Å²) in [4.78, 5) is 29.6. The van der Waals surface area contributed by atoms with E-state index >= 15 is 0 Å². The number of aromatic nitrogens is 2. The molecular formula is C17H19FN4O4. The van der Waals surface area contributed by atoms with Crippen LogP contribution in [0.15, 0.2) is 28.8 Å². The minimum absolute atomic E-state index is 0.194. The fourth-order valence-electron chi connectivity index (χ4n) is 2.81. The van der Waals surface area contributed by atoms with Crippen molar-refractivity contribution < 1.29 is 23.2 Å². The first kappa shape index (κ1) is 17.8. The molecule has 1 saturated heterocycles. The summed E-state index contributed by atoms with van der Waals surface area (Å²) >= 11 is 0. The van der Waals surface area contributed by atoms with E-state index < -0.39 is 5.97 Å². The molecule has 3 rings (SSSR count). The van der Waals surface area contributed by atoms with Crippen molar-refractivity contribution in [3.8, 4) is 11.4 Å². The van der Waals surface area contributed by atoms with Gasteiger partial charge in [-0.05, 0) is 44.0 Å². The summed E-state index contributed by atoms with van der Waals surface area (Å²) in [5.74, 6) is -0.197. The number of benzene rings is 1. The van der Waals surface area contributed by atoms with Crippen LogP contribution < -0.4 is 5.32 Å². The number of urea groups is 1. The van der Waals surface area contributed by atoms with E-state index in [9.17, 15) is 14.0 Å². The molecule has 1 aromatic carbocycles. The van der Waals surface area contributed by atoms with E-state index in [0.29, 0.717) is 30.2 Å². The Morgan fingerprint density at radius 1 is 1.38 bits per heavy atom. The first-order valence-corrected chi connectivity index (χ1v) is 8.38. The summed E-state index contributed by atoms with van der Waals surface area (Å²) < 4.78 is 23.1. The van der Waals surface area contributed by atoms with Crippen LogP contribution in [0, 0.1) is 5.82 Å². The molecule has 1 N–H and O–H groups in total. The van der Waals surface area contributed by atoms with Gasteiger partial charge in [-0.2, -0.15) is 4.98 Å². The van der Waals surface area contributed by atoms with E-state index in [4.69, 9.17) is 9.26 Å². The van der Waals surface area contributed by atoms with Gasteiger partial charge in [-0.15, -0.1) is 0 Å². The van der Waals surface area contributed by atoms with Crippen LogP contribution in [0.2, 0.25) is 0 Å². The van der Waals surface area contributed by atoms with E-state index in [1.165, 1.54) is 12.1 Å². The van der Waals surface area contributed by atoms with Crippen molar-refractivity contribution in [2.75, 3.05) is 19.7 Å². The summed E-state index contributed by atoms with van der Waals surface area (Å²) in [6, 6.07) is 5.00. The first-order chi connectivity index (χ1) is 12.6. The van der Waals surface area contributed by atoms with Crippen molar-refractivity contribution in [1.82, 2.24) is 20.4 Å². The summed E-state index contributed by atoms with van der Waals surface area (Å²) in [6.07, 6.45) is 1.46. The third-order valence-electron chi connectivity index (χ3n) is 4.03. The molecule has 1 aliphatic heterocycles. The summed E-state index contributed by atoms with van der Waals surface area (Å²) in [5.41, 5.74) is 0.623. The Bertz CT molecular complexity index is 777. The Hall–Kier alpha value is -2.97. The quantitative estimate of drug-likeness (QED) is 0.820. The highest BCUT2D eigenvalue weighted by Crippen LogP contribution is 2.31. The molecule has 1 aromatic heterocycles. The van der Waals surface area contributed by atoms with Crippen molar-refractivity contribution >= 4 is 12.0 Å². The van der Waals surface area contributed by atoms with Gasteiger partial charge in [-0.25, -0.2) is 9.18 Å². The second kappa shape index (κ2) is 7.94. The Morgan fingerprint density at radius 2 is 2.15 bits per heavy atom. The average Bonchev–Trinajstić information content (AvgIpc) is 3.29. The largest absolute Gasteiger partial charge is 0.465 e. The third-order valence-corrected chi connectivity index (χ3v) is 4.03. The van der Waals surface area contributed by atoms with Crippen LogP contribution in [0.3, 0.4) is 0 Å². The molecule has 1 atom stereocenters. The minimum atomic E-state index is -0.493. The fraction of sp³-hybridized carbons (Fsp3) is 0.412. The number of carbonyl (C=O) groups is 2. The molecule has 0 spiro atoms. The number of nitrogens with zero attached hydrogens (tertiary/aromatic N) is 3. The topological polar surface area (TPSA) is 97.6 Å². The summed E-state index contributed by atoms with van der Waals surface area (Å²) in [6.45, 7) is 2.29. The van der Waals surface area contributed by atoms with Crippen LogP contribution >= 0.6 is 0 Å². The van der Waals surface area contributed by atoms with Gasteiger partial charge in [0.2, 0.25) is 11.7 Å². The molecular weight excluding hydrogens is 343 g/mol. The molecule has 2 aromatic rings. The highest BCUT2D eigenvalue weighted by molar-refractivity contribution is 5.81. The molecule has 2 amide bonds. The predicted octanol–water partition coefficient (Wildman–Crippen LogP) is 2.29. The van der Waals surface area contributed by atoms with Gasteiger partial charge in [-0.1, -0.05) is 5.16 Å². The zero-order chi connectivity index (χ0) is 18.5. The van der Waals surface area contributed by atoms with Gasteiger partial charge in [-0.3, -0.25) is 4.79 Å². The SMILES string of the molecule is CCOC(=O)CNC(=O)N1CCCC1c1nc(-c2ccc(F)cc2)no1. The van der Waals surface area contributed by atoms with Gasteiger partial charge in [0, 0.05) is 12.1 Å². The maximum atomic E-state index is 13.0. The van der Waals surface area contributed by atoms with E-state index in [-0.39, 0.29) is 31.0 Å². The van der Waals surface area contributed by atoms with Crippen molar-refractivity contribution in [3.05, 3.63) is 36.0 Å².